The van der Waals surface area contributed by atoms with E-state index < -0.39 is 0 Å². The number of hydrogen-bond donors (Lipinski definition) is 1. The Balaban J connectivity index is 1.56. The Morgan fingerprint density at radius 2 is 2.28 bits per heavy atom. The molecular formula is C15H25N3. The van der Waals surface area contributed by atoms with Crippen LogP contribution >= 0.6 is 0 Å². The van der Waals surface area contributed by atoms with Gasteiger partial charge in [-0.3, -0.25) is 4.98 Å². The van der Waals surface area contributed by atoms with Crippen molar-refractivity contribution in [3.63, 3.8) is 0 Å². The first-order valence-electron chi connectivity index (χ1n) is 7.17. The van der Waals surface area contributed by atoms with Gasteiger partial charge in [0.15, 0.2) is 0 Å². The Labute approximate surface area is 111 Å². The van der Waals surface area contributed by atoms with Gasteiger partial charge in [0.2, 0.25) is 0 Å². The summed E-state index contributed by atoms with van der Waals surface area (Å²) < 4.78 is 0. The van der Waals surface area contributed by atoms with E-state index in [9.17, 15) is 0 Å². The van der Waals surface area contributed by atoms with Gasteiger partial charge in [0.05, 0.1) is 0 Å². The molecule has 1 saturated heterocycles. The van der Waals surface area contributed by atoms with Crippen LogP contribution in [-0.2, 0) is 6.42 Å². The maximum absolute atomic E-state index is 4.33. The lowest BCUT2D eigenvalue weighted by Crippen LogP contribution is -2.38. The van der Waals surface area contributed by atoms with E-state index in [-0.39, 0.29) is 0 Å². The van der Waals surface area contributed by atoms with Crippen molar-refractivity contribution < 1.29 is 0 Å². The summed E-state index contributed by atoms with van der Waals surface area (Å²) >= 11 is 0. The largest absolute Gasteiger partial charge is 0.316 e. The molecule has 0 saturated carbocycles. The summed E-state index contributed by atoms with van der Waals surface area (Å²) in [6, 6.07) is 6.91. The SMILES string of the molecule is CN1CCCCC1CCNCCc1ccccn1. The van der Waals surface area contributed by atoms with E-state index >= 15 is 0 Å². The fraction of sp³-hybridized carbons (Fsp3) is 0.667. The number of hydrogen-bond acceptors (Lipinski definition) is 3. The molecule has 1 aromatic heterocycles. The summed E-state index contributed by atoms with van der Waals surface area (Å²) in [6.07, 6.45) is 8.33. The van der Waals surface area contributed by atoms with Gasteiger partial charge in [-0.15, -0.1) is 0 Å². The van der Waals surface area contributed by atoms with Crippen LogP contribution in [0.25, 0.3) is 0 Å². The molecule has 0 radical (unpaired) electrons. The van der Waals surface area contributed by atoms with Crippen molar-refractivity contribution in [2.45, 2.75) is 38.1 Å². The standard InChI is InChI=1S/C15H25N3/c1-18-13-5-3-7-15(18)9-12-16-11-8-14-6-2-4-10-17-14/h2,4,6,10,15-16H,3,5,7-9,11-13H2,1H3. The van der Waals surface area contributed by atoms with Gasteiger partial charge in [-0.2, -0.15) is 0 Å². The highest BCUT2D eigenvalue weighted by molar-refractivity contribution is 5.03. The number of nitrogens with zero attached hydrogens (tertiary/aromatic N) is 2. The number of piperidine rings is 1. The lowest BCUT2D eigenvalue weighted by atomic mass is 10.0. The highest BCUT2D eigenvalue weighted by Crippen LogP contribution is 2.16. The van der Waals surface area contributed by atoms with E-state index in [0.717, 1.165) is 25.6 Å². The van der Waals surface area contributed by atoms with E-state index in [1.165, 1.54) is 37.9 Å². The number of likely N-dealkylation sites (tertiary alicyclic amines) is 1. The quantitative estimate of drug-likeness (QED) is 0.780. The van der Waals surface area contributed by atoms with Crippen LogP contribution < -0.4 is 5.32 Å². The van der Waals surface area contributed by atoms with Gasteiger partial charge in [-0.25, -0.2) is 0 Å². The number of pyridine rings is 1. The lowest BCUT2D eigenvalue weighted by Gasteiger charge is -2.32. The van der Waals surface area contributed by atoms with E-state index in [4.69, 9.17) is 0 Å². The summed E-state index contributed by atoms with van der Waals surface area (Å²) in [7, 11) is 2.26. The normalized spacial score (nSPS) is 21.1. The second kappa shape index (κ2) is 7.49. The van der Waals surface area contributed by atoms with Crippen molar-refractivity contribution in [3.05, 3.63) is 30.1 Å². The summed E-state index contributed by atoms with van der Waals surface area (Å²) in [4.78, 5) is 6.85. The van der Waals surface area contributed by atoms with Crippen LogP contribution in [0.2, 0.25) is 0 Å². The summed E-state index contributed by atoms with van der Waals surface area (Å²) in [6.45, 7) is 3.44. The molecule has 0 amide bonds. The minimum Gasteiger partial charge on any atom is -0.316 e. The van der Waals surface area contributed by atoms with E-state index in [0.29, 0.717) is 0 Å². The van der Waals surface area contributed by atoms with Crippen LogP contribution in [0, 0.1) is 0 Å². The number of rotatable bonds is 6. The summed E-state index contributed by atoms with van der Waals surface area (Å²) in [5.74, 6) is 0. The molecule has 3 nitrogen and oxygen atoms in total. The first kappa shape index (κ1) is 13.5. The Hall–Kier alpha value is -0.930. The zero-order valence-corrected chi connectivity index (χ0v) is 11.4. The molecule has 1 fully saturated rings. The Morgan fingerprint density at radius 1 is 1.33 bits per heavy atom. The molecule has 0 aliphatic carbocycles. The second-order valence-electron chi connectivity index (χ2n) is 5.24. The molecule has 18 heavy (non-hydrogen) atoms. The van der Waals surface area contributed by atoms with Crippen LogP contribution in [0.3, 0.4) is 0 Å². The monoisotopic (exact) mass is 247 g/mol. The topological polar surface area (TPSA) is 28.2 Å². The van der Waals surface area contributed by atoms with Gasteiger partial charge in [0.1, 0.15) is 0 Å². The summed E-state index contributed by atoms with van der Waals surface area (Å²) in [5.41, 5.74) is 1.18. The Bertz CT molecular complexity index is 326. The predicted molar refractivity (Wildman–Crippen MR) is 75.7 cm³/mol. The maximum atomic E-state index is 4.33. The third-order valence-electron chi connectivity index (χ3n) is 3.86. The third-order valence-corrected chi connectivity index (χ3v) is 3.86. The molecule has 1 aromatic rings. The minimum atomic E-state index is 0.793. The molecule has 1 aliphatic rings. The molecule has 100 valence electrons. The average molecular weight is 247 g/mol. The molecule has 0 spiro atoms. The zero-order chi connectivity index (χ0) is 12.6. The van der Waals surface area contributed by atoms with Crippen molar-refractivity contribution >= 4 is 0 Å². The third kappa shape index (κ3) is 4.39. The van der Waals surface area contributed by atoms with Crippen molar-refractivity contribution in [2.75, 3.05) is 26.7 Å². The van der Waals surface area contributed by atoms with Crippen molar-refractivity contribution in [1.29, 1.82) is 0 Å². The fourth-order valence-corrected chi connectivity index (χ4v) is 2.66. The van der Waals surface area contributed by atoms with Gasteiger partial charge >= 0.3 is 0 Å². The van der Waals surface area contributed by atoms with E-state index in [1.54, 1.807) is 0 Å². The van der Waals surface area contributed by atoms with Crippen molar-refractivity contribution in [2.24, 2.45) is 0 Å². The summed E-state index contributed by atoms with van der Waals surface area (Å²) in [5, 5.41) is 3.54. The lowest BCUT2D eigenvalue weighted by molar-refractivity contribution is 0.175. The predicted octanol–water partition coefficient (Wildman–Crippen LogP) is 2.09. The van der Waals surface area contributed by atoms with Gasteiger partial charge < -0.3 is 10.2 Å². The minimum absolute atomic E-state index is 0.793. The van der Waals surface area contributed by atoms with Crippen LogP contribution in [0.5, 0.6) is 0 Å². The van der Waals surface area contributed by atoms with Gasteiger partial charge in [-0.1, -0.05) is 12.5 Å². The molecule has 1 unspecified atom stereocenters. The molecule has 2 rings (SSSR count). The second-order valence-corrected chi connectivity index (χ2v) is 5.24. The van der Waals surface area contributed by atoms with E-state index in [1.807, 2.05) is 12.3 Å². The molecule has 1 aliphatic heterocycles. The molecule has 3 heteroatoms. The maximum Gasteiger partial charge on any atom is 0.0416 e. The highest BCUT2D eigenvalue weighted by atomic mass is 15.1. The molecule has 0 aromatic carbocycles. The van der Waals surface area contributed by atoms with Gasteiger partial charge in [-0.05, 0) is 51.5 Å². The molecule has 2 heterocycles. The van der Waals surface area contributed by atoms with Crippen LogP contribution in [0.4, 0.5) is 0 Å². The van der Waals surface area contributed by atoms with Gasteiger partial charge in [0.25, 0.3) is 0 Å². The first-order valence-corrected chi connectivity index (χ1v) is 7.17. The number of nitrogens with one attached hydrogen (secondary N) is 1. The molecule has 1 atom stereocenters. The average Bonchev–Trinajstić information content (AvgIpc) is 2.42. The van der Waals surface area contributed by atoms with Crippen molar-refractivity contribution in [3.8, 4) is 0 Å². The molecular weight excluding hydrogens is 222 g/mol. The molecule has 0 bridgehead atoms. The van der Waals surface area contributed by atoms with Gasteiger partial charge in [0, 0.05) is 30.9 Å². The Morgan fingerprint density at radius 3 is 3.06 bits per heavy atom. The highest BCUT2D eigenvalue weighted by Gasteiger charge is 2.17. The molecule has 1 N–H and O–H groups in total. The fourth-order valence-electron chi connectivity index (χ4n) is 2.66. The van der Waals surface area contributed by atoms with Crippen LogP contribution in [-0.4, -0.2) is 42.6 Å². The zero-order valence-electron chi connectivity index (χ0n) is 11.4. The van der Waals surface area contributed by atoms with E-state index in [2.05, 4.69) is 34.4 Å². The van der Waals surface area contributed by atoms with Crippen LogP contribution in [0.1, 0.15) is 31.4 Å². The number of aromatic nitrogens is 1. The van der Waals surface area contributed by atoms with Crippen molar-refractivity contribution in [1.82, 2.24) is 15.2 Å². The first-order chi connectivity index (χ1) is 8.86. The smallest absolute Gasteiger partial charge is 0.0416 e. The Kier molecular flexibility index (Phi) is 5.62. The van der Waals surface area contributed by atoms with Crippen LogP contribution in [0.15, 0.2) is 24.4 Å².